The van der Waals surface area contributed by atoms with Crippen LogP contribution in [0.5, 0.6) is 0 Å². The Bertz CT molecular complexity index is 480. The van der Waals surface area contributed by atoms with Crippen LogP contribution in [0.15, 0.2) is 21.9 Å². The molecule has 1 rings (SSSR count). The van der Waals surface area contributed by atoms with Gasteiger partial charge in [-0.3, -0.25) is 14.3 Å². The third-order valence-electron chi connectivity index (χ3n) is 2.26. The number of aliphatic hydroxyl groups excluding tert-OH is 2. The SMILES string of the molecule is CC(Cl)C(OC(CO)CO)n1ccc(=O)[nH]c1=O. The van der Waals surface area contributed by atoms with Crippen molar-refractivity contribution in [3.8, 4) is 0 Å². The summed E-state index contributed by atoms with van der Waals surface area (Å²) in [5.74, 6) is 0. The second-order valence-corrected chi connectivity index (χ2v) is 4.40. The van der Waals surface area contributed by atoms with E-state index < -0.39 is 42.2 Å². The Morgan fingerprint density at radius 1 is 1.44 bits per heavy atom. The van der Waals surface area contributed by atoms with Gasteiger partial charge in [0.2, 0.25) is 0 Å². The van der Waals surface area contributed by atoms with Crippen LogP contribution in [0.25, 0.3) is 0 Å². The Kier molecular flexibility index (Phi) is 5.54. The van der Waals surface area contributed by atoms with E-state index in [1.165, 1.54) is 6.20 Å². The van der Waals surface area contributed by atoms with E-state index in [9.17, 15) is 9.59 Å². The van der Waals surface area contributed by atoms with Crippen LogP contribution in [0, 0.1) is 0 Å². The van der Waals surface area contributed by atoms with E-state index in [0.717, 1.165) is 10.6 Å². The predicted octanol–water partition coefficient (Wildman–Crippen LogP) is -0.968. The summed E-state index contributed by atoms with van der Waals surface area (Å²) in [4.78, 5) is 24.6. The molecule has 0 amide bonds. The number of ether oxygens (including phenoxy) is 1. The van der Waals surface area contributed by atoms with Crippen molar-refractivity contribution in [1.29, 1.82) is 0 Å². The lowest BCUT2D eigenvalue weighted by Crippen LogP contribution is -2.38. The molecule has 0 aliphatic rings. The number of halogens is 1. The highest BCUT2D eigenvalue weighted by molar-refractivity contribution is 6.20. The van der Waals surface area contributed by atoms with Crippen molar-refractivity contribution in [2.24, 2.45) is 0 Å². The first-order valence-corrected chi connectivity index (χ1v) is 5.76. The monoisotopic (exact) mass is 278 g/mol. The number of aliphatic hydroxyl groups is 2. The number of hydrogen-bond acceptors (Lipinski definition) is 5. The van der Waals surface area contributed by atoms with Gasteiger partial charge in [0.05, 0.1) is 18.6 Å². The quantitative estimate of drug-likeness (QED) is 0.581. The maximum Gasteiger partial charge on any atom is 0.330 e. The predicted molar refractivity (Wildman–Crippen MR) is 64.7 cm³/mol. The van der Waals surface area contributed by atoms with E-state index in [1.807, 2.05) is 0 Å². The Morgan fingerprint density at radius 3 is 2.50 bits per heavy atom. The number of alkyl halides is 1. The minimum atomic E-state index is -0.902. The summed E-state index contributed by atoms with van der Waals surface area (Å²) in [6.07, 6.45) is -0.508. The lowest BCUT2D eigenvalue weighted by molar-refractivity contribution is -0.0949. The average Bonchev–Trinajstić information content (AvgIpc) is 2.32. The molecule has 0 spiro atoms. The van der Waals surface area contributed by atoms with Gasteiger partial charge >= 0.3 is 5.69 Å². The molecule has 7 nitrogen and oxygen atoms in total. The summed E-state index contributed by atoms with van der Waals surface area (Å²) in [6.45, 7) is 0.777. The van der Waals surface area contributed by atoms with Crippen molar-refractivity contribution >= 4 is 11.6 Å². The lowest BCUT2D eigenvalue weighted by Gasteiger charge is -2.25. The van der Waals surface area contributed by atoms with Crippen molar-refractivity contribution < 1.29 is 14.9 Å². The van der Waals surface area contributed by atoms with Gasteiger partial charge in [-0.15, -0.1) is 11.6 Å². The van der Waals surface area contributed by atoms with Crippen molar-refractivity contribution in [2.75, 3.05) is 13.2 Å². The Labute approximate surface area is 108 Å². The van der Waals surface area contributed by atoms with Crippen molar-refractivity contribution in [1.82, 2.24) is 9.55 Å². The summed E-state index contributed by atoms with van der Waals surface area (Å²) in [7, 11) is 0. The van der Waals surface area contributed by atoms with E-state index in [4.69, 9.17) is 26.6 Å². The molecule has 0 aliphatic heterocycles. The fraction of sp³-hybridized carbons (Fsp3) is 0.600. The third-order valence-corrected chi connectivity index (χ3v) is 2.47. The minimum Gasteiger partial charge on any atom is -0.394 e. The van der Waals surface area contributed by atoms with Gasteiger partial charge in [0.25, 0.3) is 5.56 Å². The topological polar surface area (TPSA) is 105 Å². The molecule has 0 saturated carbocycles. The van der Waals surface area contributed by atoms with Gasteiger partial charge in [-0.05, 0) is 6.92 Å². The minimum absolute atomic E-state index is 0.408. The van der Waals surface area contributed by atoms with Crippen LogP contribution in [-0.4, -0.2) is 44.5 Å². The van der Waals surface area contributed by atoms with Crippen molar-refractivity contribution in [2.45, 2.75) is 24.6 Å². The molecule has 1 aromatic heterocycles. The highest BCUT2D eigenvalue weighted by atomic mass is 35.5. The maximum atomic E-state index is 11.6. The zero-order chi connectivity index (χ0) is 13.7. The number of rotatable bonds is 6. The molecule has 3 N–H and O–H groups in total. The van der Waals surface area contributed by atoms with E-state index in [-0.39, 0.29) is 0 Å². The average molecular weight is 279 g/mol. The van der Waals surface area contributed by atoms with Crippen LogP contribution in [0.3, 0.4) is 0 Å². The van der Waals surface area contributed by atoms with E-state index in [0.29, 0.717) is 0 Å². The summed E-state index contributed by atoms with van der Waals surface area (Å²) < 4.78 is 6.42. The fourth-order valence-corrected chi connectivity index (χ4v) is 1.54. The van der Waals surface area contributed by atoms with Crippen molar-refractivity contribution in [3.05, 3.63) is 33.1 Å². The maximum absolute atomic E-state index is 11.6. The molecule has 0 saturated heterocycles. The number of aromatic nitrogens is 2. The van der Waals surface area contributed by atoms with Gasteiger partial charge in [-0.2, -0.15) is 0 Å². The molecule has 0 aliphatic carbocycles. The van der Waals surface area contributed by atoms with Gasteiger partial charge in [-0.1, -0.05) is 0 Å². The summed E-state index contributed by atoms with van der Waals surface area (Å²) in [5, 5.41) is 17.3. The molecule has 2 atom stereocenters. The van der Waals surface area contributed by atoms with Crippen LogP contribution in [0.1, 0.15) is 13.2 Å². The largest absolute Gasteiger partial charge is 0.394 e. The number of H-pyrrole nitrogens is 1. The van der Waals surface area contributed by atoms with E-state index in [2.05, 4.69) is 4.98 Å². The molecule has 0 aromatic carbocycles. The van der Waals surface area contributed by atoms with Gasteiger partial charge in [0.15, 0.2) is 6.23 Å². The molecule has 102 valence electrons. The number of nitrogens with zero attached hydrogens (tertiary/aromatic N) is 1. The van der Waals surface area contributed by atoms with Crippen LogP contribution < -0.4 is 11.2 Å². The molecule has 0 radical (unpaired) electrons. The molecule has 0 bridgehead atoms. The molecule has 0 fully saturated rings. The number of hydrogen-bond donors (Lipinski definition) is 3. The summed E-state index contributed by atoms with van der Waals surface area (Å²) in [5.41, 5.74) is -1.20. The first kappa shape index (κ1) is 14.9. The van der Waals surface area contributed by atoms with Crippen LogP contribution >= 0.6 is 11.6 Å². The molecular weight excluding hydrogens is 264 g/mol. The second-order valence-electron chi connectivity index (χ2n) is 3.71. The molecular formula is C10H15ClN2O5. The normalized spacial score (nSPS) is 14.7. The molecule has 2 unspecified atom stereocenters. The van der Waals surface area contributed by atoms with Gasteiger partial charge in [0.1, 0.15) is 6.10 Å². The second kappa shape index (κ2) is 6.69. The van der Waals surface area contributed by atoms with E-state index >= 15 is 0 Å². The number of aromatic amines is 1. The van der Waals surface area contributed by atoms with Crippen molar-refractivity contribution in [3.63, 3.8) is 0 Å². The Morgan fingerprint density at radius 2 is 2.06 bits per heavy atom. The molecule has 1 heterocycles. The number of nitrogens with one attached hydrogen (secondary N) is 1. The highest BCUT2D eigenvalue weighted by Gasteiger charge is 2.23. The molecule has 8 heteroatoms. The Hall–Kier alpha value is -1.15. The third kappa shape index (κ3) is 3.67. The lowest BCUT2D eigenvalue weighted by atomic mass is 10.3. The molecule has 1 aromatic rings. The van der Waals surface area contributed by atoms with Gasteiger partial charge in [0, 0.05) is 12.3 Å². The zero-order valence-corrected chi connectivity index (χ0v) is 10.5. The van der Waals surface area contributed by atoms with Crippen LogP contribution in [0.2, 0.25) is 0 Å². The summed E-state index contributed by atoms with van der Waals surface area (Å²) >= 11 is 5.91. The zero-order valence-electron chi connectivity index (χ0n) is 9.75. The van der Waals surface area contributed by atoms with E-state index in [1.54, 1.807) is 6.92 Å². The van der Waals surface area contributed by atoms with Crippen LogP contribution in [0.4, 0.5) is 0 Å². The standard InChI is InChI=1S/C10H15ClN2O5/c1-6(11)9(18-7(4-14)5-15)13-3-2-8(16)12-10(13)17/h2-3,6-7,9,14-15H,4-5H2,1H3,(H,12,16,17). The first-order valence-electron chi connectivity index (χ1n) is 5.32. The fourth-order valence-electron chi connectivity index (χ4n) is 1.36. The van der Waals surface area contributed by atoms with Gasteiger partial charge in [-0.25, -0.2) is 4.79 Å². The molecule has 18 heavy (non-hydrogen) atoms. The summed E-state index contributed by atoms with van der Waals surface area (Å²) in [6, 6.07) is 1.16. The highest BCUT2D eigenvalue weighted by Crippen LogP contribution is 2.18. The smallest absolute Gasteiger partial charge is 0.330 e. The van der Waals surface area contributed by atoms with Crippen LogP contribution in [-0.2, 0) is 4.74 Å². The first-order chi connectivity index (χ1) is 8.49. The van der Waals surface area contributed by atoms with Gasteiger partial charge < -0.3 is 14.9 Å². The Balaban J connectivity index is 3.05.